The lowest BCUT2D eigenvalue weighted by Gasteiger charge is -2.40. The van der Waals surface area contributed by atoms with Gasteiger partial charge in [0.15, 0.2) is 0 Å². The molecule has 0 aromatic rings. The highest BCUT2D eigenvalue weighted by Crippen LogP contribution is 2.50. The fourth-order valence-electron chi connectivity index (χ4n) is 2.84. The molecular weight excluding hydrogens is 132 g/mol. The third-order valence-electron chi connectivity index (χ3n) is 3.94. The largest absolute Gasteiger partial charge is 0.0651 e. The molecule has 0 amide bonds. The maximum Gasteiger partial charge on any atom is -0.0357 e. The fourth-order valence-corrected chi connectivity index (χ4v) is 2.84. The predicted octanol–water partition coefficient (Wildman–Crippen LogP) is 3.47. The molecule has 0 aromatic carbocycles. The normalized spacial score (nSPS) is 39.8. The van der Waals surface area contributed by atoms with Crippen LogP contribution in [0.1, 0.15) is 46.0 Å². The van der Waals surface area contributed by atoms with E-state index in [0.717, 1.165) is 23.7 Å². The standard InChI is InChI=1S/C11H20/c1-3-10(9-5-6-9)11-7-4-8(11)2/h8-11H,3-7H2,1-2H3. The molecule has 0 spiro atoms. The van der Waals surface area contributed by atoms with Crippen molar-refractivity contribution in [2.45, 2.75) is 46.0 Å². The quantitative estimate of drug-likeness (QED) is 0.581. The van der Waals surface area contributed by atoms with E-state index < -0.39 is 0 Å². The second-order valence-electron chi connectivity index (χ2n) is 4.63. The average Bonchev–Trinajstić information content (AvgIpc) is 2.79. The van der Waals surface area contributed by atoms with E-state index in [9.17, 15) is 0 Å². The highest BCUT2D eigenvalue weighted by molar-refractivity contribution is 4.90. The lowest BCUT2D eigenvalue weighted by Crippen LogP contribution is -2.31. The van der Waals surface area contributed by atoms with Crippen molar-refractivity contribution < 1.29 is 0 Å². The first-order valence-corrected chi connectivity index (χ1v) is 5.33. The van der Waals surface area contributed by atoms with E-state index in [4.69, 9.17) is 0 Å². The van der Waals surface area contributed by atoms with Crippen molar-refractivity contribution >= 4 is 0 Å². The molecule has 2 fully saturated rings. The Bertz CT molecular complexity index is 135. The van der Waals surface area contributed by atoms with Crippen molar-refractivity contribution in [2.75, 3.05) is 0 Å². The number of rotatable bonds is 3. The van der Waals surface area contributed by atoms with Crippen LogP contribution < -0.4 is 0 Å². The number of hydrogen-bond donors (Lipinski definition) is 0. The van der Waals surface area contributed by atoms with Crippen LogP contribution >= 0.6 is 0 Å². The van der Waals surface area contributed by atoms with Crippen molar-refractivity contribution in [1.29, 1.82) is 0 Å². The minimum Gasteiger partial charge on any atom is -0.0651 e. The smallest absolute Gasteiger partial charge is 0.0357 e. The first-order valence-electron chi connectivity index (χ1n) is 5.33. The van der Waals surface area contributed by atoms with Gasteiger partial charge in [0.05, 0.1) is 0 Å². The molecule has 0 N–H and O–H groups in total. The Kier molecular flexibility index (Phi) is 1.95. The first kappa shape index (κ1) is 7.64. The van der Waals surface area contributed by atoms with Gasteiger partial charge in [0.2, 0.25) is 0 Å². The molecule has 0 bridgehead atoms. The van der Waals surface area contributed by atoms with Crippen LogP contribution in [0.4, 0.5) is 0 Å². The Labute approximate surface area is 70.4 Å². The zero-order chi connectivity index (χ0) is 7.84. The molecule has 0 aliphatic heterocycles. The van der Waals surface area contributed by atoms with Gasteiger partial charge in [-0.25, -0.2) is 0 Å². The van der Waals surface area contributed by atoms with Gasteiger partial charge in [-0.05, 0) is 42.9 Å². The Morgan fingerprint density at radius 2 is 1.91 bits per heavy atom. The van der Waals surface area contributed by atoms with Crippen molar-refractivity contribution in [3.05, 3.63) is 0 Å². The average molecular weight is 152 g/mol. The van der Waals surface area contributed by atoms with Crippen LogP contribution in [0.25, 0.3) is 0 Å². The van der Waals surface area contributed by atoms with Crippen molar-refractivity contribution in [1.82, 2.24) is 0 Å². The summed E-state index contributed by atoms with van der Waals surface area (Å²) in [6.07, 6.45) is 7.58. The molecule has 0 nitrogen and oxygen atoms in total. The van der Waals surface area contributed by atoms with Gasteiger partial charge in [-0.1, -0.05) is 26.7 Å². The molecule has 0 heteroatoms. The maximum atomic E-state index is 2.44. The van der Waals surface area contributed by atoms with Gasteiger partial charge in [-0.2, -0.15) is 0 Å². The molecule has 0 heterocycles. The second kappa shape index (κ2) is 2.80. The van der Waals surface area contributed by atoms with E-state index in [2.05, 4.69) is 13.8 Å². The molecule has 11 heavy (non-hydrogen) atoms. The highest BCUT2D eigenvalue weighted by atomic mass is 14.5. The number of hydrogen-bond acceptors (Lipinski definition) is 0. The van der Waals surface area contributed by atoms with E-state index >= 15 is 0 Å². The van der Waals surface area contributed by atoms with Crippen LogP contribution in [0.2, 0.25) is 0 Å². The van der Waals surface area contributed by atoms with Gasteiger partial charge in [-0.3, -0.25) is 0 Å². The van der Waals surface area contributed by atoms with Crippen LogP contribution in [0.15, 0.2) is 0 Å². The summed E-state index contributed by atoms with van der Waals surface area (Å²) in [5.74, 6) is 4.43. The van der Waals surface area contributed by atoms with Gasteiger partial charge in [-0.15, -0.1) is 0 Å². The monoisotopic (exact) mass is 152 g/mol. The summed E-state index contributed by atoms with van der Waals surface area (Å²) < 4.78 is 0. The Balaban J connectivity index is 1.88. The van der Waals surface area contributed by atoms with Crippen LogP contribution in [0.3, 0.4) is 0 Å². The van der Waals surface area contributed by atoms with Crippen molar-refractivity contribution in [2.24, 2.45) is 23.7 Å². The van der Waals surface area contributed by atoms with Crippen LogP contribution in [0, 0.1) is 23.7 Å². The lowest BCUT2D eigenvalue weighted by atomic mass is 9.66. The van der Waals surface area contributed by atoms with Crippen LogP contribution in [-0.2, 0) is 0 Å². The third kappa shape index (κ3) is 1.32. The van der Waals surface area contributed by atoms with Gasteiger partial charge < -0.3 is 0 Å². The van der Waals surface area contributed by atoms with Crippen molar-refractivity contribution in [3.8, 4) is 0 Å². The molecule has 3 unspecified atom stereocenters. The zero-order valence-electron chi connectivity index (χ0n) is 7.84. The summed E-state index contributed by atoms with van der Waals surface area (Å²) in [4.78, 5) is 0. The summed E-state index contributed by atoms with van der Waals surface area (Å²) in [6.45, 7) is 4.83. The molecule has 3 atom stereocenters. The predicted molar refractivity (Wildman–Crippen MR) is 48.4 cm³/mol. The molecule has 0 radical (unpaired) electrons. The van der Waals surface area contributed by atoms with Gasteiger partial charge >= 0.3 is 0 Å². The van der Waals surface area contributed by atoms with E-state index in [-0.39, 0.29) is 0 Å². The Morgan fingerprint density at radius 1 is 1.18 bits per heavy atom. The first-order chi connectivity index (χ1) is 5.33. The Hall–Kier alpha value is 0. The topological polar surface area (TPSA) is 0 Å². The molecule has 0 saturated heterocycles. The molecule has 64 valence electrons. The SMILES string of the molecule is CCC(C1CC1)C1CCC1C. The minimum absolute atomic E-state index is 1.06. The van der Waals surface area contributed by atoms with E-state index in [1.54, 1.807) is 12.8 Å². The second-order valence-corrected chi connectivity index (χ2v) is 4.63. The van der Waals surface area contributed by atoms with E-state index in [0.29, 0.717) is 0 Å². The van der Waals surface area contributed by atoms with Gasteiger partial charge in [0, 0.05) is 0 Å². The summed E-state index contributed by atoms with van der Waals surface area (Å²) in [7, 11) is 0. The molecule has 2 saturated carbocycles. The third-order valence-corrected chi connectivity index (χ3v) is 3.94. The molecule has 2 aliphatic carbocycles. The van der Waals surface area contributed by atoms with Gasteiger partial charge in [0.25, 0.3) is 0 Å². The van der Waals surface area contributed by atoms with Crippen molar-refractivity contribution in [3.63, 3.8) is 0 Å². The summed E-state index contributed by atoms with van der Waals surface area (Å²) in [6, 6.07) is 0. The molecular formula is C11H20. The molecule has 2 rings (SSSR count). The summed E-state index contributed by atoms with van der Waals surface area (Å²) in [5.41, 5.74) is 0. The van der Waals surface area contributed by atoms with E-state index in [1.165, 1.54) is 19.3 Å². The van der Waals surface area contributed by atoms with Gasteiger partial charge in [0.1, 0.15) is 0 Å². The van der Waals surface area contributed by atoms with E-state index in [1.807, 2.05) is 0 Å². The lowest BCUT2D eigenvalue weighted by molar-refractivity contribution is 0.101. The summed E-state index contributed by atoms with van der Waals surface area (Å²) in [5, 5.41) is 0. The highest BCUT2D eigenvalue weighted by Gasteiger charge is 2.40. The minimum atomic E-state index is 1.06. The zero-order valence-corrected chi connectivity index (χ0v) is 7.84. The molecule has 0 aromatic heterocycles. The van der Waals surface area contributed by atoms with Crippen LogP contribution in [0.5, 0.6) is 0 Å². The summed E-state index contributed by atoms with van der Waals surface area (Å²) >= 11 is 0. The maximum absolute atomic E-state index is 2.44. The molecule has 2 aliphatic rings. The van der Waals surface area contributed by atoms with Crippen LogP contribution in [-0.4, -0.2) is 0 Å². The Morgan fingerprint density at radius 3 is 2.18 bits per heavy atom. The fraction of sp³-hybridized carbons (Fsp3) is 1.00.